The van der Waals surface area contributed by atoms with E-state index in [1.165, 1.54) is 28.7 Å². The number of aromatic nitrogens is 5. The minimum atomic E-state index is -0.167. The normalized spacial score (nSPS) is 10.8. The lowest BCUT2D eigenvalue weighted by molar-refractivity contribution is -0.113. The molecule has 30 heavy (non-hydrogen) atoms. The van der Waals surface area contributed by atoms with Crippen molar-refractivity contribution >= 4 is 34.1 Å². The lowest BCUT2D eigenvalue weighted by Crippen LogP contribution is -2.15. The van der Waals surface area contributed by atoms with Crippen LogP contribution in [0.25, 0.3) is 0 Å². The Morgan fingerprint density at radius 3 is 2.87 bits per heavy atom. The third-order valence-electron chi connectivity index (χ3n) is 4.36. The number of ether oxygens (including phenoxy) is 1. The summed E-state index contributed by atoms with van der Waals surface area (Å²) in [5, 5.41) is 21.2. The Morgan fingerprint density at radius 1 is 1.30 bits per heavy atom. The Balaban J connectivity index is 1.62. The van der Waals surface area contributed by atoms with Crippen LogP contribution in [0.3, 0.4) is 0 Å². The van der Waals surface area contributed by atoms with E-state index in [9.17, 15) is 4.79 Å². The molecule has 0 atom stereocenters. The van der Waals surface area contributed by atoms with Crippen LogP contribution in [0.1, 0.15) is 28.9 Å². The SMILES string of the molecule is C=CCn1c(COc2cccc(C)c2C)nnc1SCC(=O)Nc1nnc(CC)s1. The average Bonchev–Trinajstić information content (AvgIpc) is 3.34. The van der Waals surface area contributed by atoms with Gasteiger partial charge in [0.15, 0.2) is 11.0 Å². The number of thioether (sulfide) groups is 1. The topological polar surface area (TPSA) is 94.8 Å². The zero-order valence-corrected chi connectivity index (χ0v) is 18.8. The molecule has 2 aromatic heterocycles. The van der Waals surface area contributed by atoms with Crippen molar-refractivity contribution in [2.24, 2.45) is 0 Å². The van der Waals surface area contributed by atoms with Crippen LogP contribution in [0.5, 0.6) is 5.75 Å². The smallest absolute Gasteiger partial charge is 0.236 e. The molecule has 158 valence electrons. The molecule has 10 heteroatoms. The average molecular weight is 445 g/mol. The zero-order chi connectivity index (χ0) is 21.5. The van der Waals surface area contributed by atoms with Crippen molar-refractivity contribution in [2.75, 3.05) is 11.1 Å². The standard InChI is InChI=1S/C20H24N6O2S2/c1-5-10-26-16(11-28-15-9-7-8-13(3)14(15)4)22-25-20(26)29-12-17(27)21-19-24-23-18(6-2)30-19/h5,7-9H,1,6,10-12H2,2-4H3,(H,21,24,27). The second kappa shape index (κ2) is 10.4. The Hall–Kier alpha value is -2.72. The number of rotatable bonds is 10. The van der Waals surface area contributed by atoms with Gasteiger partial charge in [-0.2, -0.15) is 0 Å². The van der Waals surface area contributed by atoms with E-state index in [4.69, 9.17) is 4.74 Å². The highest BCUT2D eigenvalue weighted by Crippen LogP contribution is 2.23. The summed E-state index contributed by atoms with van der Waals surface area (Å²) in [6, 6.07) is 5.95. The summed E-state index contributed by atoms with van der Waals surface area (Å²) in [6.45, 7) is 10.7. The van der Waals surface area contributed by atoms with Crippen molar-refractivity contribution in [1.29, 1.82) is 0 Å². The van der Waals surface area contributed by atoms with Crippen LogP contribution in [-0.4, -0.2) is 36.6 Å². The number of nitrogens with zero attached hydrogens (tertiary/aromatic N) is 5. The van der Waals surface area contributed by atoms with E-state index < -0.39 is 0 Å². The van der Waals surface area contributed by atoms with Gasteiger partial charge in [0, 0.05) is 6.54 Å². The van der Waals surface area contributed by atoms with Gasteiger partial charge in [0.1, 0.15) is 17.4 Å². The van der Waals surface area contributed by atoms with Gasteiger partial charge in [-0.15, -0.1) is 27.0 Å². The summed E-state index contributed by atoms with van der Waals surface area (Å²) < 4.78 is 7.86. The van der Waals surface area contributed by atoms with Gasteiger partial charge in [-0.25, -0.2) is 0 Å². The largest absolute Gasteiger partial charge is 0.485 e. The third kappa shape index (κ3) is 5.45. The quantitative estimate of drug-likeness (QED) is 0.375. The highest BCUT2D eigenvalue weighted by atomic mass is 32.2. The second-order valence-electron chi connectivity index (χ2n) is 6.48. The lowest BCUT2D eigenvalue weighted by atomic mass is 10.1. The predicted molar refractivity (Wildman–Crippen MR) is 119 cm³/mol. The number of hydrogen-bond donors (Lipinski definition) is 1. The number of allylic oxidation sites excluding steroid dienone is 1. The molecule has 1 N–H and O–H groups in total. The second-order valence-corrected chi connectivity index (χ2v) is 8.48. The van der Waals surface area contributed by atoms with Crippen LogP contribution in [0.15, 0.2) is 36.0 Å². The van der Waals surface area contributed by atoms with Crippen molar-refractivity contribution in [3.05, 3.63) is 52.8 Å². The lowest BCUT2D eigenvalue weighted by Gasteiger charge is -2.11. The molecule has 1 amide bonds. The van der Waals surface area contributed by atoms with E-state index in [0.29, 0.717) is 22.7 Å². The molecule has 0 spiro atoms. The maximum absolute atomic E-state index is 12.2. The number of carbonyl (C=O) groups excluding carboxylic acids is 1. The molecule has 3 aromatic rings. The molecule has 0 saturated heterocycles. The van der Waals surface area contributed by atoms with Crippen LogP contribution in [0.2, 0.25) is 0 Å². The molecular formula is C20H24N6O2S2. The van der Waals surface area contributed by atoms with E-state index in [-0.39, 0.29) is 18.3 Å². The van der Waals surface area contributed by atoms with Gasteiger partial charge in [-0.05, 0) is 37.5 Å². The number of aryl methyl sites for hydroxylation is 2. The molecular weight excluding hydrogens is 420 g/mol. The van der Waals surface area contributed by atoms with Crippen LogP contribution in [-0.2, 0) is 24.4 Å². The third-order valence-corrected chi connectivity index (χ3v) is 6.31. The summed E-state index contributed by atoms with van der Waals surface area (Å²) >= 11 is 2.68. The van der Waals surface area contributed by atoms with Crippen LogP contribution < -0.4 is 10.1 Å². The Morgan fingerprint density at radius 2 is 2.13 bits per heavy atom. The first-order chi connectivity index (χ1) is 14.5. The molecule has 0 aliphatic heterocycles. The van der Waals surface area contributed by atoms with Gasteiger partial charge < -0.3 is 4.74 Å². The van der Waals surface area contributed by atoms with Crippen molar-refractivity contribution in [1.82, 2.24) is 25.0 Å². The number of anilines is 1. The fraction of sp³-hybridized carbons (Fsp3) is 0.350. The summed E-state index contributed by atoms with van der Waals surface area (Å²) in [4.78, 5) is 12.2. The van der Waals surface area contributed by atoms with E-state index in [1.807, 2.05) is 43.5 Å². The van der Waals surface area contributed by atoms with E-state index in [0.717, 1.165) is 22.7 Å². The molecule has 2 heterocycles. The first-order valence-electron chi connectivity index (χ1n) is 9.48. The van der Waals surface area contributed by atoms with Crippen LogP contribution in [0, 0.1) is 13.8 Å². The zero-order valence-electron chi connectivity index (χ0n) is 17.2. The summed E-state index contributed by atoms with van der Waals surface area (Å²) in [5.74, 6) is 1.52. The number of nitrogens with one attached hydrogen (secondary N) is 1. The van der Waals surface area contributed by atoms with Gasteiger partial charge in [-0.1, -0.05) is 48.2 Å². The highest BCUT2D eigenvalue weighted by molar-refractivity contribution is 7.99. The molecule has 0 aliphatic rings. The van der Waals surface area contributed by atoms with Crippen molar-refractivity contribution in [2.45, 2.75) is 45.5 Å². The van der Waals surface area contributed by atoms with E-state index in [1.54, 1.807) is 6.08 Å². The van der Waals surface area contributed by atoms with Crippen molar-refractivity contribution < 1.29 is 9.53 Å². The summed E-state index contributed by atoms with van der Waals surface area (Å²) in [7, 11) is 0. The molecule has 0 bridgehead atoms. The van der Waals surface area contributed by atoms with Gasteiger partial charge >= 0.3 is 0 Å². The molecule has 0 aliphatic carbocycles. The fourth-order valence-electron chi connectivity index (χ4n) is 2.60. The van der Waals surface area contributed by atoms with Crippen LogP contribution in [0.4, 0.5) is 5.13 Å². The van der Waals surface area contributed by atoms with Gasteiger partial charge in [0.25, 0.3) is 0 Å². The van der Waals surface area contributed by atoms with Gasteiger partial charge in [0.05, 0.1) is 5.75 Å². The Bertz CT molecular complexity index is 1030. The van der Waals surface area contributed by atoms with Crippen molar-refractivity contribution in [3.63, 3.8) is 0 Å². The molecule has 8 nitrogen and oxygen atoms in total. The monoisotopic (exact) mass is 444 g/mol. The first kappa shape index (κ1) is 22.0. The molecule has 1 aromatic carbocycles. The number of carbonyl (C=O) groups is 1. The maximum atomic E-state index is 12.2. The maximum Gasteiger partial charge on any atom is 0.236 e. The van der Waals surface area contributed by atoms with Gasteiger partial charge in [0.2, 0.25) is 11.0 Å². The number of hydrogen-bond acceptors (Lipinski definition) is 8. The highest BCUT2D eigenvalue weighted by Gasteiger charge is 2.15. The molecule has 0 fully saturated rings. The van der Waals surface area contributed by atoms with Crippen LogP contribution >= 0.6 is 23.1 Å². The molecule has 0 unspecified atom stereocenters. The molecule has 0 saturated carbocycles. The first-order valence-corrected chi connectivity index (χ1v) is 11.3. The van der Waals surface area contributed by atoms with Gasteiger partial charge in [-0.3, -0.25) is 14.7 Å². The number of benzene rings is 1. The summed E-state index contributed by atoms with van der Waals surface area (Å²) in [6.07, 6.45) is 2.56. The van der Waals surface area contributed by atoms with E-state index in [2.05, 4.69) is 32.3 Å². The predicted octanol–water partition coefficient (Wildman–Crippen LogP) is 3.80. The van der Waals surface area contributed by atoms with Crippen molar-refractivity contribution in [3.8, 4) is 5.75 Å². The number of amides is 1. The minimum absolute atomic E-state index is 0.167. The molecule has 3 rings (SSSR count). The molecule has 0 radical (unpaired) electrons. The minimum Gasteiger partial charge on any atom is -0.485 e. The fourth-order valence-corrected chi connectivity index (χ4v) is 4.06. The summed E-state index contributed by atoms with van der Waals surface area (Å²) in [5.41, 5.74) is 2.27. The Labute approximate surface area is 183 Å². The Kier molecular flexibility index (Phi) is 7.58. The van der Waals surface area contributed by atoms with E-state index >= 15 is 0 Å².